The summed E-state index contributed by atoms with van der Waals surface area (Å²) in [6.45, 7) is 2.17. The number of hydrogen-bond donors (Lipinski definition) is 3. The van der Waals surface area contributed by atoms with Gasteiger partial charge in [-0.25, -0.2) is 18.7 Å². The van der Waals surface area contributed by atoms with Crippen LogP contribution in [-0.4, -0.2) is 37.5 Å². The number of carbonyl (C=O) groups excluding carboxylic acids is 1. The number of benzene rings is 2. The highest BCUT2D eigenvalue weighted by Crippen LogP contribution is 2.47. The van der Waals surface area contributed by atoms with Gasteiger partial charge in [-0.05, 0) is 37.1 Å². The lowest BCUT2D eigenvalue weighted by Crippen LogP contribution is -2.40. The number of nitrogens with zero attached hydrogens (tertiary/aromatic N) is 4. The Morgan fingerprint density at radius 1 is 1.18 bits per heavy atom. The lowest BCUT2D eigenvalue weighted by Gasteiger charge is -2.36. The van der Waals surface area contributed by atoms with Crippen LogP contribution in [0.5, 0.6) is 0 Å². The van der Waals surface area contributed by atoms with E-state index in [0.29, 0.717) is 35.5 Å². The van der Waals surface area contributed by atoms with Gasteiger partial charge in [0.25, 0.3) is 5.91 Å². The molecule has 1 atom stereocenters. The molecule has 1 aliphatic rings. The first-order valence-corrected chi connectivity index (χ1v) is 12.9. The predicted molar refractivity (Wildman–Crippen MR) is 144 cm³/mol. The number of aromatic nitrogens is 4. The molecule has 0 bridgehead atoms. The number of carbonyl (C=O) groups is 1. The number of anilines is 2. The van der Waals surface area contributed by atoms with E-state index in [0.717, 1.165) is 11.3 Å². The average Bonchev–Trinajstić information content (AvgIpc) is 3.56. The maximum atomic E-state index is 16.6. The van der Waals surface area contributed by atoms with Crippen molar-refractivity contribution in [3.63, 3.8) is 0 Å². The van der Waals surface area contributed by atoms with Crippen LogP contribution < -0.4 is 11.5 Å². The van der Waals surface area contributed by atoms with Gasteiger partial charge in [0.05, 0.1) is 33.0 Å². The fourth-order valence-corrected chi connectivity index (χ4v) is 6.24. The SMILES string of the molecule is C[C@@H](c1cccnc1N)N1CCc2c(Cl)c(-c3ccc(F)c4sc(N)nc34)c(F)c(-c3cn[nH]c3)c2C1=O. The van der Waals surface area contributed by atoms with Crippen LogP contribution >= 0.6 is 22.9 Å². The quantitative estimate of drug-likeness (QED) is 0.267. The van der Waals surface area contributed by atoms with Crippen molar-refractivity contribution in [2.45, 2.75) is 19.4 Å². The fourth-order valence-electron chi connectivity index (χ4n) is 5.10. The standard InChI is InChI=1S/C26H20ClF2N7OS/c1-11(13-3-2-7-32-24(13)30)36-8-6-14-18(25(36)37)17(12-9-33-34-10-12)21(29)19(20(14)27)15-4-5-16(28)23-22(15)35-26(31)38-23/h2-5,7,9-11H,6,8H2,1H3,(H2,30,32)(H2,31,35)(H,33,34)/t11-/m0/s1. The second-order valence-electron chi connectivity index (χ2n) is 8.95. The first-order valence-electron chi connectivity index (χ1n) is 11.7. The second-order valence-corrected chi connectivity index (χ2v) is 10.4. The molecule has 1 aliphatic heterocycles. The summed E-state index contributed by atoms with van der Waals surface area (Å²) in [6.07, 6.45) is 4.87. The fraction of sp³-hybridized carbons (Fsp3) is 0.154. The van der Waals surface area contributed by atoms with E-state index in [1.54, 1.807) is 17.2 Å². The van der Waals surface area contributed by atoms with E-state index < -0.39 is 23.6 Å². The van der Waals surface area contributed by atoms with Crippen LogP contribution in [0.25, 0.3) is 32.5 Å². The summed E-state index contributed by atoms with van der Waals surface area (Å²) in [7, 11) is 0. The maximum absolute atomic E-state index is 16.6. The van der Waals surface area contributed by atoms with Gasteiger partial charge in [-0.2, -0.15) is 5.10 Å². The molecule has 1 amide bonds. The third kappa shape index (κ3) is 3.61. The monoisotopic (exact) mass is 551 g/mol. The Hall–Kier alpha value is -4.09. The number of amides is 1. The molecule has 6 rings (SSSR count). The molecule has 38 heavy (non-hydrogen) atoms. The number of nitrogens with two attached hydrogens (primary N) is 2. The number of aromatic amines is 1. The highest BCUT2D eigenvalue weighted by Gasteiger charge is 2.37. The zero-order chi connectivity index (χ0) is 26.7. The Balaban J connectivity index is 1.59. The van der Waals surface area contributed by atoms with Crippen LogP contribution in [0.15, 0.2) is 42.9 Å². The minimum atomic E-state index is -0.738. The summed E-state index contributed by atoms with van der Waals surface area (Å²) in [5.74, 6) is -1.33. The summed E-state index contributed by atoms with van der Waals surface area (Å²) < 4.78 is 31.3. The normalized spacial score (nSPS) is 14.2. The van der Waals surface area contributed by atoms with Crippen LogP contribution in [0.4, 0.5) is 19.7 Å². The van der Waals surface area contributed by atoms with Crippen LogP contribution in [0.3, 0.4) is 0 Å². The number of halogens is 3. The molecular weight excluding hydrogens is 532 g/mol. The second kappa shape index (κ2) is 9.03. The maximum Gasteiger partial charge on any atom is 0.255 e. The lowest BCUT2D eigenvalue weighted by molar-refractivity contribution is 0.0673. The number of pyridine rings is 1. The summed E-state index contributed by atoms with van der Waals surface area (Å²) >= 11 is 7.84. The van der Waals surface area contributed by atoms with Crippen molar-refractivity contribution in [2.75, 3.05) is 18.0 Å². The van der Waals surface area contributed by atoms with E-state index in [1.807, 2.05) is 13.0 Å². The van der Waals surface area contributed by atoms with Crippen molar-refractivity contribution in [2.24, 2.45) is 0 Å². The number of rotatable bonds is 4. The molecule has 12 heteroatoms. The number of fused-ring (bicyclic) bond motifs is 2. The van der Waals surface area contributed by atoms with Gasteiger partial charge in [0.15, 0.2) is 5.13 Å². The van der Waals surface area contributed by atoms with E-state index in [-0.39, 0.29) is 42.6 Å². The van der Waals surface area contributed by atoms with Crippen molar-refractivity contribution in [1.29, 1.82) is 0 Å². The van der Waals surface area contributed by atoms with Crippen molar-refractivity contribution in [3.05, 3.63) is 76.2 Å². The van der Waals surface area contributed by atoms with Gasteiger partial charge in [0.1, 0.15) is 17.5 Å². The van der Waals surface area contributed by atoms with Crippen molar-refractivity contribution in [3.8, 4) is 22.3 Å². The van der Waals surface area contributed by atoms with Gasteiger partial charge in [-0.3, -0.25) is 9.89 Å². The van der Waals surface area contributed by atoms with Crippen LogP contribution in [0.1, 0.15) is 34.5 Å². The highest BCUT2D eigenvalue weighted by atomic mass is 35.5. The van der Waals surface area contributed by atoms with E-state index in [4.69, 9.17) is 23.1 Å². The van der Waals surface area contributed by atoms with Crippen molar-refractivity contribution < 1.29 is 13.6 Å². The van der Waals surface area contributed by atoms with Crippen molar-refractivity contribution in [1.82, 2.24) is 25.1 Å². The molecule has 0 aliphatic carbocycles. The lowest BCUT2D eigenvalue weighted by atomic mass is 9.86. The molecule has 0 saturated carbocycles. The Morgan fingerprint density at radius 2 is 2.00 bits per heavy atom. The Labute approximate surface area is 224 Å². The van der Waals surface area contributed by atoms with Crippen molar-refractivity contribution >= 4 is 50.0 Å². The van der Waals surface area contributed by atoms with Gasteiger partial charge >= 0.3 is 0 Å². The molecule has 5 aromatic rings. The highest BCUT2D eigenvalue weighted by molar-refractivity contribution is 7.22. The topological polar surface area (TPSA) is 127 Å². The largest absolute Gasteiger partial charge is 0.383 e. The van der Waals surface area contributed by atoms with Gasteiger partial charge in [-0.15, -0.1) is 0 Å². The summed E-state index contributed by atoms with van der Waals surface area (Å²) in [4.78, 5) is 24.0. The van der Waals surface area contributed by atoms with Gasteiger partial charge < -0.3 is 16.4 Å². The molecule has 0 unspecified atom stereocenters. The molecular formula is C26H20ClF2N7OS. The third-order valence-electron chi connectivity index (χ3n) is 6.91. The zero-order valence-corrected chi connectivity index (χ0v) is 21.5. The van der Waals surface area contributed by atoms with Gasteiger partial charge in [0, 0.05) is 46.8 Å². The van der Waals surface area contributed by atoms with Crippen LogP contribution in [0.2, 0.25) is 5.02 Å². The third-order valence-corrected chi connectivity index (χ3v) is 8.22. The zero-order valence-electron chi connectivity index (χ0n) is 19.9. The summed E-state index contributed by atoms with van der Waals surface area (Å²) in [6, 6.07) is 5.80. The average molecular weight is 552 g/mol. The Bertz CT molecular complexity index is 1740. The van der Waals surface area contributed by atoms with E-state index in [9.17, 15) is 9.18 Å². The van der Waals surface area contributed by atoms with Crippen LogP contribution in [0, 0.1) is 11.6 Å². The van der Waals surface area contributed by atoms with E-state index in [2.05, 4.69) is 20.2 Å². The molecule has 4 heterocycles. The minimum absolute atomic E-state index is 0.0303. The van der Waals surface area contributed by atoms with E-state index >= 15 is 4.39 Å². The molecule has 2 aromatic carbocycles. The minimum Gasteiger partial charge on any atom is -0.383 e. The molecule has 3 aromatic heterocycles. The summed E-state index contributed by atoms with van der Waals surface area (Å²) in [5.41, 5.74) is 14.2. The first kappa shape index (κ1) is 24.3. The summed E-state index contributed by atoms with van der Waals surface area (Å²) in [5, 5.41) is 6.87. The molecule has 0 radical (unpaired) electrons. The Morgan fingerprint density at radius 3 is 2.74 bits per heavy atom. The Kier molecular flexibility index (Phi) is 5.77. The predicted octanol–water partition coefficient (Wildman–Crippen LogP) is 5.60. The smallest absolute Gasteiger partial charge is 0.255 e. The van der Waals surface area contributed by atoms with E-state index in [1.165, 1.54) is 24.5 Å². The van der Waals surface area contributed by atoms with Crippen LogP contribution in [-0.2, 0) is 6.42 Å². The number of H-pyrrole nitrogens is 1. The number of nitrogens with one attached hydrogen (secondary N) is 1. The molecule has 0 spiro atoms. The molecule has 0 fully saturated rings. The molecule has 8 nitrogen and oxygen atoms in total. The molecule has 5 N–H and O–H groups in total. The number of thiazole rings is 1. The van der Waals surface area contributed by atoms with Gasteiger partial charge in [-0.1, -0.05) is 29.0 Å². The molecule has 192 valence electrons. The molecule has 0 saturated heterocycles. The first-order chi connectivity index (χ1) is 18.3. The number of hydrogen-bond acceptors (Lipinski definition) is 7. The number of nitrogen functional groups attached to an aromatic ring is 2. The van der Waals surface area contributed by atoms with Gasteiger partial charge in [0.2, 0.25) is 0 Å².